The molecule has 1 atom stereocenters. The molecule has 7 heteroatoms. The molecule has 1 unspecified atom stereocenters. The molecule has 1 saturated heterocycles. The van der Waals surface area contributed by atoms with Crippen LogP contribution in [0.5, 0.6) is 5.75 Å². The Labute approximate surface area is 178 Å². The van der Waals surface area contributed by atoms with Gasteiger partial charge in [-0.2, -0.15) is 0 Å². The van der Waals surface area contributed by atoms with Crippen molar-refractivity contribution in [1.82, 2.24) is 15.1 Å². The SMILES string of the molecule is Cc1ccc(CN2C(=O)N(C(C)C)C(=O)NC2Nc2ccc(OC(C)C)cc2)cc1. The zero-order valence-corrected chi connectivity index (χ0v) is 18.2. The second-order valence-electron chi connectivity index (χ2n) is 8.05. The van der Waals surface area contributed by atoms with E-state index in [4.69, 9.17) is 4.74 Å². The molecule has 0 aliphatic carbocycles. The topological polar surface area (TPSA) is 73.9 Å². The maximum atomic E-state index is 13.2. The van der Waals surface area contributed by atoms with Crippen LogP contribution in [0.1, 0.15) is 38.8 Å². The highest BCUT2D eigenvalue weighted by Gasteiger charge is 2.39. The highest BCUT2D eigenvalue weighted by atomic mass is 16.5. The average Bonchev–Trinajstić information content (AvgIpc) is 2.67. The van der Waals surface area contributed by atoms with Crippen LogP contribution in [0.2, 0.25) is 0 Å². The fourth-order valence-electron chi connectivity index (χ4n) is 3.28. The number of hydrogen-bond acceptors (Lipinski definition) is 4. The van der Waals surface area contributed by atoms with Gasteiger partial charge in [0, 0.05) is 11.7 Å². The minimum absolute atomic E-state index is 0.0890. The van der Waals surface area contributed by atoms with Crippen LogP contribution in [0.15, 0.2) is 48.5 Å². The molecule has 0 aromatic heterocycles. The van der Waals surface area contributed by atoms with E-state index in [2.05, 4.69) is 10.6 Å². The van der Waals surface area contributed by atoms with Crippen LogP contribution in [0.3, 0.4) is 0 Å². The molecule has 0 saturated carbocycles. The van der Waals surface area contributed by atoms with Crippen molar-refractivity contribution < 1.29 is 14.3 Å². The van der Waals surface area contributed by atoms with Crippen LogP contribution in [0, 0.1) is 6.92 Å². The molecule has 1 aliphatic heterocycles. The number of nitrogens with zero attached hydrogens (tertiary/aromatic N) is 2. The number of imide groups is 1. The number of urea groups is 2. The smallest absolute Gasteiger partial charge is 0.331 e. The molecule has 0 bridgehead atoms. The first kappa shape index (κ1) is 21.5. The van der Waals surface area contributed by atoms with Crippen molar-refractivity contribution in [2.24, 2.45) is 0 Å². The van der Waals surface area contributed by atoms with Crippen molar-refractivity contribution >= 4 is 17.7 Å². The molecule has 1 fully saturated rings. The molecule has 7 nitrogen and oxygen atoms in total. The first-order valence-electron chi connectivity index (χ1n) is 10.2. The Hall–Kier alpha value is -3.22. The number of anilines is 1. The Balaban J connectivity index is 1.82. The zero-order chi connectivity index (χ0) is 21.8. The molecule has 0 radical (unpaired) electrons. The van der Waals surface area contributed by atoms with Crippen LogP contribution in [0.4, 0.5) is 15.3 Å². The summed E-state index contributed by atoms with van der Waals surface area (Å²) in [6.07, 6.45) is -0.579. The summed E-state index contributed by atoms with van der Waals surface area (Å²) in [5, 5.41) is 6.16. The second kappa shape index (κ2) is 9.07. The van der Waals surface area contributed by atoms with E-state index in [-0.39, 0.29) is 18.2 Å². The van der Waals surface area contributed by atoms with Crippen LogP contribution >= 0.6 is 0 Å². The summed E-state index contributed by atoms with van der Waals surface area (Å²) in [7, 11) is 0. The van der Waals surface area contributed by atoms with Crippen LogP contribution in [-0.4, -0.2) is 40.3 Å². The molecule has 1 aliphatic rings. The molecule has 1 heterocycles. The first-order chi connectivity index (χ1) is 14.2. The molecule has 30 heavy (non-hydrogen) atoms. The van der Waals surface area contributed by atoms with Crippen molar-refractivity contribution in [2.45, 2.75) is 59.6 Å². The molecule has 3 rings (SSSR count). The Kier molecular flexibility index (Phi) is 6.50. The third-order valence-corrected chi connectivity index (χ3v) is 4.76. The second-order valence-corrected chi connectivity index (χ2v) is 8.05. The third kappa shape index (κ3) is 5.03. The molecule has 0 spiro atoms. The minimum Gasteiger partial charge on any atom is -0.491 e. The van der Waals surface area contributed by atoms with Gasteiger partial charge < -0.3 is 10.1 Å². The number of aryl methyl sites for hydroxylation is 1. The summed E-state index contributed by atoms with van der Waals surface area (Å²) in [5.74, 6) is 0.766. The normalized spacial score (nSPS) is 16.8. The summed E-state index contributed by atoms with van der Waals surface area (Å²) >= 11 is 0. The molecular formula is C23H30N4O3. The van der Waals surface area contributed by atoms with Gasteiger partial charge in [0.2, 0.25) is 0 Å². The molecule has 160 valence electrons. The lowest BCUT2D eigenvalue weighted by Crippen LogP contribution is -2.68. The zero-order valence-electron chi connectivity index (χ0n) is 18.2. The number of rotatable bonds is 7. The van der Waals surface area contributed by atoms with E-state index in [0.717, 1.165) is 22.6 Å². The fraction of sp³-hybridized carbons (Fsp3) is 0.391. The number of amides is 4. The van der Waals surface area contributed by atoms with Gasteiger partial charge in [-0.1, -0.05) is 29.8 Å². The van der Waals surface area contributed by atoms with Gasteiger partial charge >= 0.3 is 12.1 Å². The summed E-state index contributed by atoms with van der Waals surface area (Å²) in [6, 6.07) is 14.5. The van der Waals surface area contributed by atoms with E-state index in [0.29, 0.717) is 6.54 Å². The van der Waals surface area contributed by atoms with Crippen molar-refractivity contribution in [1.29, 1.82) is 0 Å². The van der Waals surface area contributed by atoms with Gasteiger partial charge in [0.15, 0.2) is 6.29 Å². The van der Waals surface area contributed by atoms with Gasteiger partial charge in [0.1, 0.15) is 5.75 Å². The Morgan fingerprint density at radius 3 is 2.20 bits per heavy atom. The molecular weight excluding hydrogens is 380 g/mol. The van der Waals surface area contributed by atoms with Gasteiger partial charge in [-0.25, -0.2) is 14.5 Å². The highest BCUT2D eigenvalue weighted by Crippen LogP contribution is 2.22. The van der Waals surface area contributed by atoms with Crippen molar-refractivity contribution in [3.05, 3.63) is 59.7 Å². The van der Waals surface area contributed by atoms with Gasteiger partial charge in [-0.05, 0) is 64.4 Å². The van der Waals surface area contributed by atoms with Crippen molar-refractivity contribution in [3.63, 3.8) is 0 Å². The lowest BCUT2D eigenvalue weighted by atomic mass is 10.1. The van der Waals surface area contributed by atoms with E-state index >= 15 is 0 Å². The molecule has 2 aromatic rings. The number of ether oxygens (including phenoxy) is 1. The maximum absolute atomic E-state index is 13.2. The number of nitrogens with one attached hydrogen (secondary N) is 2. The quantitative estimate of drug-likeness (QED) is 0.703. The van der Waals surface area contributed by atoms with Gasteiger partial charge in [-0.15, -0.1) is 0 Å². The van der Waals surface area contributed by atoms with Gasteiger partial charge in [-0.3, -0.25) is 10.2 Å². The summed E-state index contributed by atoms with van der Waals surface area (Å²) in [6.45, 7) is 9.98. The summed E-state index contributed by atoms with van der Waals surface area (Å²) in [4.78, 5) is 28.6. The highest BCUT2D eigenvalue weighted by molar-refractivity contribution is 5.96. The lowest BCUT2D eigenvalue weighted by Gasteiger charge is -2.42. The Morgan fingerprint density at radius 1 is 1.00 bits per heavy atom. The maximum Gasteiger partial charge on any atom is 0.331 e. The van der Waals surface area contributed by atoms with Crippen LogP contribution in [0.25, 0.3) is 0 Å². The van der Waals surface area contributed by atoms with E-state index in [1.165, 1.54) is 4.90 Å². The van der Waals surface area contributed by atoms with Gasteiger partial charge in [0.25, 0.3) is 0 Å². The van der Waals surface area contributed by atoms with Crippen molar-refractivity contribution in [3.8, 4) is 5.75 Å². The van der Waals surface area contributed by atoms with E-state index in [1.54, 1.807) is 4.90 Å². The number of benzene rings is 2. The minimum atomic E-state index is -0.668. The Morgan fingerprint density at radius 2 is 1.63 bits per heavy atom. The molecule has 2 aromatic carbocycles. The number of hydrogen-bond donors (Lipinski definition) is 2. The fourth-order valence-corrected chi connectivity index (χ4v) is 3.28. The van der Waals surface area contributed by atoms with Crippen LogP contribution in [-0.2, 0) is 6.54 Å². The van der Waals surface area contributed by atoms with E-state index < -0.39 is 12.3 Å². The number of carbonyl (C=O) groups is 2. The Bertz CT molecular complexity index is 878. The standard InChI is InChI=1S/C23H30N4O3/c1-15(2)27-22(28)25-21(24-19-10-12-20(13-11-19)30-16(3)4)26(23(27)29)14-18-8-6-17(5)7-9-18/h6-13,15-16,21,24H,14H2,1-5H3,(H,25,28). The predicted octanol–water partition coefficient (Wildman–Crippen LogP) is 4.53. The number of carbonyl (C=O) groups excluding carboxylic acids is 2. The largest absolute Gasteiger partial charge is 0.491 e. The first-order valence-corrected chi connectivity index (χ1v) is 10.2. The monoisotopic (exact) mass is 410 g/mol. The predicted molar refractivity (Wildman–Crippen MR) is 117 cm³/mol. The van der Waals surface area contributed by atoms with E-state index in [9.17, 15) is 9.59 Å². The van der Waals surface area contributed by atoms with E-state index in [1.807, 2.05) is 83.1 Å². The average molecular weight is 411 g/mol. The molecule has 4 amide bonds. The lowest BCUT2D eigenvalue weighted by molar-refractivity contribution is 0.0975. The van der Waals surface area contributed by atoms with Gasteiger partial charge in [0.05, 0.1) is 12.6 Å². The summed E-state index contributed by atoms with van der Waals surface area (Å²) in [5.41, 5.74) is 2.91. The third-order valence-electron chi connectivity index (χ3n) is 4.76. The van der Waals surface area contributed by atoms with Crippen LogP contribution < -0.4 is 15.4 Å². The molecule has 2 N–H and O–H groups in total. The van der Waals surface area contributed by atoms with Crippen molar-refractivity contribution in [2.75, 3.05) is 5.32 Å². The summed E-state index contributed by atoms with van der Waals surface area (Å²) < 4.78 is 5.67.